The van der Waals surface area contributed by atoms with Gasteiger partial charge in [-0.3, -0.25) is 9.59 Å². The predicted octanol–water partition coefficient (Wildman–Crippen LogP) is 4.00. The van der Waals surface area contributed by atoms with Crippen LogP contribution < -0.4 is 5.32 Å². The van der Waals surface area contributed by atoms with E-state index in [4.69, 9.17) is 0 Å². The van der Waals surface area contributed by atoms with Crippen LogP contribution in [0.4, 0.5) is 0 Å². The van der Waals surface area contributed by atoms with E-state index in [0.29, 0.717) is 18.4 Å². The molecule has 3 aliphatic rings. The first-order valence-electron chi connectivity index (χ1n) is 14.3. The van der Waals surface area contributed by atoms with Crippen LogP contribution in [0.1, 0.15) is 86.0 Å². The third-order valence-electron chi connectivity index (χ3n) is 8.45. The molecule has 34 heavy (non-hydrogen) atoms. The molecule has 6 heteroatoms. The van der Waals surface area contributed by atoms with E-state index in [1.165, 1.54) is 45.3 Å². The summed E-state index contributed by atoms with van der Waals surface area (Å²) in [5.41, 5.74) is 0. The maximum absolute atomic E-state index is 13.7. The highest BCUT2D eigenvalue weighted by molar-refractivity contribution is 5.90. The average molecular weight is 477 g/mol. The van der Waals surface area contributed by atoms with Gasteiger partial charge in [-0.1, -0.05) is 41.0 Å². The van der Waals surface area contributed by atoms with Gasteiger partial charge in [0, 0.05) is 26.2 Å². The summed E-state index contributed by atoms with van der Waals surface area (Å²) in [7, 11) is 0. The van der Waals surface area contributed by atoms with Gasteiger partial charge in [-0.05, 0) is 88.3 Å². The SMILES string of the molecule is CCC1CCN(CCC2CCN(C(=O)[C@H](CC(C)C)N3CCN[C@@H](CC(C)C)C3=O)CC2)CC1. The second-order valence-corrected chi connectivity index (χ2v) is 12.1. The number of nitrogens with one attached hydrogen (secondary N) is 1. The van der Waals surface area contributed by atoms with Crippen LogP contribution in [0.3, 0.4) is 0 Å². The number of hydrogen-bond donors (Lipinski definition) is 1. The summed E-state index contributed by atoms with van der Waals surface area (Å²) >= 11 is 0. The average Bonchev–Trinajstić information content (AvgIpc) is 2.82. The van der Waals surface area contributed by atoms with E-state index in [1.807, 2.05) is 4.90 Å². The van der Waals surface area contributed by atoms with Gasteiger partial charge in [-0.15, -0.1) is 0 Å². The summed E-state index contributed by atoms with van der Waals surface area (Å²) in [4.78, 5) is 33.6. The van der Waals surface area contributed by atoms with Crippen molar-refractivity contribution in [2.24, 2.45) is 23.7 Å². The van der Waals surface area contributed by atoms with Crippen LogP contribution in [0, 0.1) is 23.7 Å². The lowest BCUT2D eigenvalue weighted by Gasteiger charge is -2.42. The van der Waals surface area contributed by atoms with E-state index in [2.05, 4.69) is 49.7 Å². The topological polar surface area (TPSA) is 55.9 Å². The third kappa shape index (κ3) is 7.68. The first kappa shape index (κ1) is 27.4. The molecule has 0 aromatic carbocycles. The Morgan fingerprint density at radius 2 is 1.59 bits per heavy atom. The van der Waals surface area contributed by atoms with Crippen molar-refractivity contribution in [2.75, 3.05) is 45.8 Å². The Hall–Kier alpha value is -1.14. The number of rotatable bonds is 10. The summed E-state index contributed by atoms with van der Waals surface area (Å²) in [5, 5.41) is 3.39. The lowest BCUT2D eigenvalue weighted by molar-refractivity contribution is -0.150. The maximum Gasteiger partial charge on any atom is 0.245 e. The zero-order valence-electron chi connectivity index (χ0n) is 22.7. The summed E-state index contributed by atoms with van der Waals surface area (Å²) in [5.74, 6) is 2.82. The molecule has 3 heterocycles. The minimum Gasteiger partial charge on any atom is -0.341 e. The Kier molecular flexibility index (Phi) is 10.7. The van der Waals surface area contributed by atoms with E-state index in [-0.39, 0.29) is 23.9 Å². The normalized spacial score (nSPS) is 24.9. The molecule has 0 aromatic rings. The molecule has 2 atom stereocenters. The molecule has 0 saturated carbocycles. The Bertz CT molecular complexity index is 636. The Balaban J connectivity index is 1.51. The molecule has 0 spiro atoms. The van der Waals surface area contributed by atoms with Gasteiger partial charge in [0.2, 0.25) is 11.8 Å². The lowest BCUT2D eigenvalue weighted by atomic mass is 9.90. The number of likely N-dealkylation sites (tertiary alicyclic amines) is 2. The molecule has 1 N–H and O–H groups in total. The molecular weight excluding hydrogens is 424 g/mol. The highest BCUT2D eigenvalue weighted by Crippen LogP contribution is 2.26. The van der Waals surface area contributed by atoms with Gasteiger partial charge in [0.25, 0.3) is 0 Å². The summed E-state index contributed by atoms with van der Waals surface area (Å²) in [6.07, 6.45) is 9.13. The number of carbonyl (C=O) groups excluding carboxylic acids is 2. The molecule has 6 nitrogen and oxygen atoms in total. The second kappa shape index (κ2) is 13.2. The van der Waals surface area contributed by atoms with Gasteiger partial charge in [0.15, 0.2) is 0 Å². The van der Waals surface area contributed by atoms with Gasteiger partial charge in [0.1, 0.15) is 6.04 Å². The molecule has 196 valence electrons. The van der Waals surface area contributed by atoms with Gasteiger partial charge in [-0.2, -0.15) is 0 Å². The molecule has 0 aliphatic carbocycles. The fourth-order valence-corrected chi connectivity index (χ4v) is 6.17. The van der Waals surface area contributed by atoms with E-state index in [1.54, 1.807) is 0 Å². The molecule has 3 fully saturated rings. The van der Waals surface area contributed by atoms with Crippen molar-refractivity contribution < 1.29 is 9.59 Å². The van der Waals surface area contributed by atoms with Crippen molar-refractivity contribution in [3.8, 4) is 0 Å². The van der Waals surface area contributed by atoms with Crippen LogP contribution in [0.2, 0.25) is 0 Å². The smallest absolute Gasteiger partial charge is 0.245 e. The van der Waals surface area contributed by atoms with Crippen molar-refractivity contribution in [3.05, 3.63) is 0 Å². The Morgan fingerprint density at radius 1 is 0.941 bits per heavy atom. The number of piperidine rings is 2. The van der Waals surface area contributed by atoms with E-state index in [9.17, 15) is 9.59 Å². The molecule has 0 aromatic heterocycles. The predicted molar refractivity (Wildman–Crippen MR) is 140 cm³/mol. The first-order chi connectivity index (χ1) is 16.3. The number of amides is 2. The zero-order chi connectivity index (χ0) is 24.7. The monoisotopic (exact) mass is 476 g/mol. The summed E-state index contributed by atoms with van der Waals surface area (Å²) in [6, 6.07) is -0.454. The van der Waals surface area contributed by atoms with Crippen molar-refractivity contribution in [2.45, 2.75) is 98.1 Å². The fourth-order valence-electron chi connectivity index (χ4n) is 6.17. The van der Waals surface area contributed by atoms with Crippen molar-refractivity contribution in [3.63, 3.8) is 0 Å². The minimum absolute atomic E-state index is 0.126. The minimum atomic E-state index is -0.305. The number of hydrogen-bond acceptors (Lipinski definition) is 4. The van der Waals surface area contributed by atoms with Crippen LogP contribution in [0.25, 0.3) is 0 Å². The Labute approximate surface area is 209 Å². The van der Waals surface area contributed by atoms with Gasteiger partial charge < -0.3 is 20.0 Å². The summed E-state index contributed by atoms with van der Waals surface area (Å²) < 4.78 is 0. The number of carbonyl (C=O) groups is 2. The van der Waals surface area contributed by atoms with E-state index in [0.717, 1.165) is 57.2 Å². The molecule has 0 unspecified atom stereocenters. The molecule has 3 aliphatic heterocycles. The number of piperazine rings is 1. The van der Waals surface area contributed by atoms with Gasteiger partial charge in [-0.25, -0.2) is 0 Å². The molecule has 3 rings (SSSR count). The van der Waals surface area contributed by atoms with Crippen molar-refractivity contribution in [1.82, 2.24) is 20.0 Å². The zero-order valence-corrected chi connectivity index (χ0v) is 22.7. The molecular formula is C28H52N4O2. The van der Waals surface area contributed by atoms with Crippen molar-refractivity contribution in [1.29, 1.82) is 0 Å². The second-order valence-electron chi connectivity index (χ2n) is 12.1. The molecule has 2 amide bonds. The molecule has 3 saturated heterocycles. The lowest BCUT2D eigenvalue weighted by Crippen LogP contribution is -2.62. The van der Waals surface area contributed by atoms with E-state index >= 15 is 0 Å². The largest absolute Gasteiger partial charge is 0.341 e. The van der Waals surface area contributed by atoms with Gasteiger partial charge >= 0.3 is 0 Å². The van der Waals surface area contributed by atoms with Crippen LogP contribution in [-0.4, -0.2) is 84.4 Å². The standard InChI is InChI=1S/C28H52N4O2/c1-6-23-7-13-30(14-8-23)15-9-24-10-16-31(17-11-24)28(34)26(20-22(4)5)32-18-12-29-25(27(32)33)19-21(2)3/h21-26,29H,6-20H2,1-5H3/t25-,26-/m0/s1. The quantitative estimate of drug-likeness (QED) is 0.518. The summed E-state index contributed by atoms with van der Waals surface area (Å²) in [6.45, 7) is 17.8. The fraction of sp³-hybridized carbons (Fsp3) is 0.929. The van der Waals surface area contributed by atoms with Crippen LogP contribution in [0.15, 0.2) is 0 Å². The highest BCUT2D eigenvalue weighted by atomic mass is 16.2. The van der Waals surface area contributed by atoms with Crippen LogP contribution in [-0.2, 0) is 9.59 Å². The van der Waals surface area contributed by atoms with Crippen LogP contribution >= 0.6 is 0 Å². The van der Waals surface area contributed by atoms with Crippen molar-refractivity contribution >= 4 is 11.8 Å². The van der Waals surface area contributed by atoms with Gasteiger partial charge in [0.05, 0.1) is 6.04 Å². The van der Waals surface area contributed by atoms with E-state index < -0.39 is 0 Å². The highest BCUT2D eigenvalue weighted by Gasteiger charge is 2.39. The molecule has 0 bridgehead atoms. The number of nitrogens with zero attached hydrogens (tertiary/aromatic N) is 3. The molecule has 0 radical (unpaired) electrons. The van der Waals surface area contributed by atoms with Crippen LogP contribution in [0.5, 0.6) is 0 Å². The first-order valence-corrected chi connectivity index (χ1v) is 14.3. The maximum atomic E-state index is 13.7. The third-order valence-corrected chi connectivity index (χ3v) is 8.45. The Morgan fingerprint density at radius 3 is 2.18 bits per heavy atom.